The molecule has 7 nitrogen and oxygen atoms in total. The molecule has 0 saturated heterocycles. The standard InChI is InChI=1S/C21H36O3S.C14H29N3.C14H30O/c1-3-4-5-6-7-8-9-10-11-12-13-14-19-24-25(22,23)21-17-15-20(2)16-18-21;1-2-3-4-5-6-7-8-9-10-11-12-13-14-16-17-15;1-2-3-4-5-6-7-8-9-10-11-12-13-14-15/h15-18H,3-14,19H2,1-2H3;2-14H2,1H3;15H,2-14H2,1H3. The van der Waals surface area contributed by atoms with E-state index in [1.165, 1.54) is 205 Å². The van der Waals surface area contributed by atoms with E-state index in [1.807, 2.05) is 6.92 Å². The van der Waals surface area contributed by atoms with Crippen LogP contribution in [0, 0.1) is 6.92 Å². The maximum absolute atomic E-state index is 12.0. The van der Waals surface area contributed by atoms with Crippen LogP contribution in [0.5, 0.6) is 0 Å². The van der Waals surface area contributed by atoms with Crippen LogP contribution in [0.1, 0.15) is 257 Å². The zero-order valence-corrected chi connectivity index (χ0v) is 39.1. The second-order valence-electron chi connectivity index (χ2n) is 16.4. The molecule has 0 amide bonds. The van der Waals surface area contributed by atoms with E-state index in [1.54, 1.807) is 24.3 Å². The summed E-state index contributed by atoms with van der Waals surface area (Å²) in [4.78, 5) is 3.00. The van der Waals surface area contributed by atoms with Crippen LogP contribution in [0.3, 0.4) is 0 Å². The monoisotopic (exact) mass is 822 g/mol. The Morgan fingerprint density at radius 2 is 0.789 bits per heavy atom. The minimum atomic E-state index is -3.59. The van der Waals surface area contributed by atoms with Gasteiger partial charge in [-0.2, -0.15) is 8.42 Å². The summed E-state index contributed by atoms with van der Waals surface area (Å²) in [6.07, 6.45) is 47.5. The minimum Gasteiger partial charge on any atom is -0.396 e. The van der Waals surface area contributed by atoms with Crippen molar-refractivity contribution in [3.63, 3.8) is 0 Å². The number of hydrogen-bond donors (Lipinski definition) is 1. The normalized spacial score (nSPS) is 11.0. The summed E-state index contributed by atoms with van der Waals surface area (Å²) in [6.45, 7) is 10.1. The second-order valence-corrected chi connectivity index (χ2v) is 18.0. The van der Waals surface area contributed by atoms with Crippen LogP contribution in [-0.4, -0.2) is 33.3 Å². The van der Waals surface area contributed by atoms with Gasteiger partial charge in [0.1, 0.15) is 0 Å². The topological polar surface area (TPSA) is 112 Å². The van der Waals surface area contributed by atoms with Crippen molar-refractivity contribution in [2.75, 3.05) is 19.8 Å². The molecule has 0 atom stereocenters. The van der Waals surface area contributed by atoms with E-state index in [4.69, 9.17) is 14.8 Å². The molecule has 0 aliphatic rings. The second kappa shape index (κ2) is 48.8. The fourth-order valence-corrected chi connectivity index (χ4v) is 7.85. The van der Waals surface area contributed by atoms with E-state index in [0.29, 0.717) is 13.2 Å². The molecular formula is C49H95N3O4S. The van der Waals surface area contributed by atoms with Gasteiger partial charge in [0.05, 0.1) is 11.5 Å². The van der Waals surface area contributed by atoms with E-state index < -0.39 is 10.1 Å². The number of azide groups is 1. The number of aryl methyl sites for hydroxylation is 1. The van der Waals surface area contributed by atoms with Gasteiger partial charge in [0.15, 0.2) is 0 Å². The highest BCUT2D eigenvalue weighted by Gasteiger charge is 2.14. The molecule has 0 saturated carbocycles. The molecule has 8 heteroatoms. The van der Waals surface area contributed by atoms with Crippen LogP contribution < -0.4 is 0 Å². The van der Waals surface area contributed by atoms with E-state index in [9.17, 15) is 8.42 Å². The lowest BCUT2D eigenvalue weighted by atomic mass is 10.1. The number of aliphatic hydroxyl groups excluding tert-OH is 1. The van der Waals surface area contributed by atoms with Gasteiger partial charge < -0.3 is 5.11 Å². The van der Waals surface area contributed by atoms with Crippen molar-refractivity contribution in [1.29, 1.82) is 0 Å². The lowest BCUT2D eigenvalue weighted by Crippen LogP contribution is -2.07. The molecule has 57 heavy (non-hydrogen) atoms. The predicted octanol–water partition coefficient (Wildman–Crippen LogP) is 17.1. The Morgan fingerprint density at radius 1 is 0.491 bits per heavy atom. The van der Waals surface area contributed by atoms with E-state index in [2.05, 4.69) is 30.8 Å². The number of aliphatic hydroxyl groups is 1. The molecule has 0 aliphatic carbocycles. The smallest absolute Gasteiger partial charge is 0.296 e. The van der Waals surface area contributed by atoms with Crippen molar-refractivity contribution < 1.29 is 17.7 Å². The molecule has 0 spiro atoms. The van der Waals surface area contributed by atoms with Crippen LogP contribution in [0.15, 0.2) is 34.3 Å². The Hall–Kier alpha value is -1.60. The average Bonchev–Trinajstić information content (AvgIpc) is 3.21. The molecule has 0 unspecified atom stereocenters. The third kappa shape index (κ3) is 47.0. The van der Waals surface area contributed by atoms with Crippen LogP contribution in [0.2, 0.25) is 0 Å². The molecule has 0 radical (unpaired) electrons. The molecule has 1 aromatic rings. The van der Waals surface area contributed by atoms with Crippen LogP contribution >= 0.6 is 0 Å². The van der Waals surface area contributed by atoms with Gasteiger partial charge in [-0.15, -0.1) is 0 Å². The molecule has 336 valence electrons. The van der Waals surface area contributed by atoms with Crippen molar-refractivity contribution in [3.8, 4) is 0 Å². The molecule has 1 aromatic carbocycles. The van der Waals surface area contributed by atoms with Gasteiger partial charge in [0.25, 0.3) is 10.1 Å². The molecule has 0 fully saturated rings. The number of nitrogens with zero attached hydrogens (tertiary/aromatic N) is 3. The quantitative estimate of drug-likeness (QED) is 0.0233. The first-order valence-corrected chi connectivity index (χ1v) is 25.9. The fourth-order valence-electron chi connectivity index (χ4n) is 6.91. The van der Waals surface area contributed by atoms with Crippen molar-refractivity contribution in [2.24, 2.45) is 5.11 Å². The minimum absolute atomic E-state index is 0.247. The third-order valence-corrected chi connectivity index (χ3v) is 12.1. The zero-order chi connectivity index (χ0) is 42.2. The van der Waals surface area contributed by atoms with Gasteiger partial charge >= 0.3 is 0 Å². The number of hydrogen-bond acceptors (Lipinski definition) is 5. The number of unbranched alkanes of at least 4 members (excludes halogenated alkanes) is 33. The maximum atomic E-state index is 12.0. The summed E-state index contributed by atoms with van der Waals surface area (Å²) >= 11 is 0. The van der Waals surface area contributed by atoms with Gasteiger partial charge in [-0.25, -0.2) is 0 Å². The summed E-state index contributed by atoms with van der Waals surface area (Å²) < 4.78 is 29.2. The van der Waals surface area contributed by atoms with Gasteiger partial charge in [-0.3, -0.25) is 4.18 Å². The lowest BCUT2D eigenvalue weighted by molar-refractivity contribution is 0.282. The molecule has 0 aromatic heterocycles. The van der Waals surface area contributed by atoms with E-state index in [-0.39, 0.29) is 11.5 Å². The van der Waals surface area contributed by atoms with Gasteiger partial charge in [0, 0.05) is 18.1 Å². The summed E-state index contributed by atoms with van der Waals surface area (Å²) in [6, 6.07) is 6.79. The molecule has 1 rings (SSSR count). The third-order valence-electron chi connectivity index (χ3n) is 10.7. The highest BCUT2D eigenvalue weighted by atomic mass is 32.2. The zero-order valence-electron chi connectivity index (χ0n) is 38.3. The summed E-state index contributed by atoms with van der Waals surface area (Å²) in [5.74, 6) is 0. The highest BCUT2D eigenvalue weighted by Crippen LogP contribution is 2.16. The van der Waals surface area contributed by atoms with Gasteiger partial charge in [-0.1, -0.05) is 255 Å². The Bertz CT molecular complexity index is 1050. The first kappa shape index (κ1) is 57.5. The SMILES string of the molecule is CCCCCCCCCCCCCCN=[N+]=[N-].CCCCCCCCCCCCCCO.CCCCCCCCCCCCCCOS(=O)(=O)c1ccc(C)cc1. The van der Waals surface area contributed by atoms with Crippen molar-refractivity contribution in [2.45, 2.75) is 264 Å². The molecule has 1 N–H and O–H groups in total. The Morgan fingerprint density at radius 3 is 1.11 bits per heavy atom. The largest absolute Gasteiger partial charge is 0.396 e. The lowest BCUT2D eigenvalue weighted by Gasteiger charge is -2.06. The summed E-state index contributed by atoms with van der Waals surface area (Å²) in [5, 5.41) is 12.1. The Labute approximate surface area is 355 Å². The highest BCUT2D eigenvalue weighted by molar-refractivity contribution is 7.86. The van der Waals surface area contributed by atoms with Crippen molar-refractivity contribution >= 4 is 10.1 Å². The first-order valence-electron chi connectivity index (χ1n) is 24.5. The molecular weight excluding hydrogens is 727 g/mol. The predicted molar refractivity (Wildman–Crippen MR) is 249 cm³/mol. The summed E-state index contributed by atoms with van der Waals surface area (Å²) in [5.41, 5.74) is 9.14. The Kier molecular flexibility index (Phi) is 49.2. The van der Waals surface area contributed by atoms with Crippen LogP contribution in [0.4, 0.5) is 0 Å². The van der Waals surface area contributed by atoms with Crippen LogP contribution in [0.25, 0.3) is 10.4 Å². The van der Waals surface area contributed by atoms with Crippen LogP contribution in [-0.2, 0) is 14.3 Å². The summed E-state index contributed by atoms with van der Waals surface area (Å²) in [7, 11) is -3.59. The van der Waals surface area contributed by atoms with Gasteiger partial charge in [0.2, 0.25) is 0 Å². The number of benzene rings is 1. The Balaban J connectivity index is 0. The van der Waals surface area contributed by atoms with Crippen molar-refractivity contribution in [3.05, 3.63) is 40.3 Å². The first-order chi connectivity index (χ1) is 27.9. The maximum Gasteiger partial charge on any atom is 0.296 e. The number of rotatable bonds is 40. The average molecular weight is 822 g/mol. The molecule has 0 heterocycles. The van der Waals surface area contributed by atoms with E-state index in [0.717, 1.165) is 31.2 Å². The molecule has 0 bridgehead atoms. The van der Waals surface area contributed by atoms with Gasteiger partial charge in [-0.05, 0) is 43.9 Å². The van der Waals surface area contributed by atoms with E-state index >= 15 is 0 Å². The molecule has 0 aliphatic heterocycles. The van der Waals surface area contributed by atoms with Crippen molar-refractivity contribution in [1.82, 2.24) is 0 Å². The fraction of sp³-hybridized carbons (Fsp3) is 0.878.